The predicted octanol–water partition coefficient (Wildman–Crippen LogP) is 0.512. The molecule has 120 valence electrons. The van der Waals surface area contributed by atoms with Gasteiger partial charge in [-0.2, -0.15) is 0 Å². The minimum Gasteiger partial charge on any atom is -0.383 e. The summed E-state index contributed by atoms with van der Waals surface area (Å²) < 4.78 is 10.4. The Hall–Kier alpha value is -0.120. The van der Waals surface area contributed by atoms with Crippen LogP contribution in [0.1, 0.15) is 13.8 Å². The second kappa shape index (κ2) is 11.5. The number of aliphatic imine (C=N–C) groups is 1. The normalized spacial score (nSPS) is 20.1. The molecular weight excluding hydrogens is 371 g/mol. The highest BCUT2D eigenvalue weighted by atomic mass is 127. The highest BCUT2D eigenvalue weighted by Gasteiger charge is 2.13. The molecule has 0 spiro atoms. The number of guanidine groups is 1. The molecule has 0 aromatic carbocycles. The second-order valence-corrected chi connectivity index (χ2v) is 5.24. The van der Waals surface area contributed by atoms with Crippen molar-refractivity contribution in [1.29, 1.82) is 0 Å². The Balaban J connectivity index is 0.00000361. The first-order chi connectivity index (χ1) is 9.11. The van der Waals surface area contributed by atoms with Gasteiger partial charge in [-0.05, 0) is 12.8 Å². The molecule has 1 aliphatic heterocycles. The van der Waals surface area contributed by atoms with E-state index < -0.39 is 0 Å². The fraction of sp³-hybridized carbons (Fsp3) is 0.923. The molecule has 0 amide bonds. The predicted molar refractivity (Wildman–Crippen MR) is 92.8 cm³/mol. The lowest BCUT2D eigenvalue weighted by Gasteiger charge is -2.28. The number of nitrogens with zero attached hydrogens (tertiary/aromatic N) is 2. The Bertz CT molecular complexity index is 273. The maximum atomic E-state index is 5.84. The van der Waals surface area contributed by atoms with Gasteiger partial charge in [0, 0.05) is 39.3 Å². The SMILES string of the molecule is COCC(C)NC(N)=NCC(C)CN1CCOCC1.I. The number of hydrogen-bond donors (Lipinski definition) is 2. The van der Waals surface area contributed by atoms with E-state index in [0.717, 1.165) is 39.4 Å². The molecule has 3 N–H and O–H groups in total. The van der Waals surface area contributed by atoms with Gasteiger partial charge in [-0.25, -0.2) is 0 Å². The van der Waals surface area contributed by atoms with Crippen molar-refractivity contribution in [2.45, 2.75) is 19.9 Å². The fourth-order valence-electron chi connectivity index (χ4n) is 2.13. The van der Waals surface area contributed by atoms with Crippen molar-refractivity contribution in [2.24, 2.45) is 16.6 Å². The van der Waals surface area contributed by atoms with Crippen molar-refractivity contribution in [3.05, 3.63) is 0 Å². The average Bonchev–Trinajstić information content (AvgIpc) is 2.38. The van der Waals surface area contributed by atoms with E-state index in [9.17, 15) is 0 Å². The van der Waals surface area contributed by atoms with Crippen LogP contribution in [0.15, 0.2) is 4.99 Å². The molecule has 2 unspecified atom stereocenters. The van der Waals surface area contributed by atoms with Gasteiger partial charge in [0.05, 0.1) is 19.8 Å². The molecule has 2 atom stereocenters. The minimum atomic E-state index is 0. The van der Waals surface area contributed by atoms with Crippen LogP contribution in [-0.4, -0.2) is 70.0 Å². The van der Waals surface area contributed by atoms with Crippen molar-refractivity contribution in [2.75, 3.05) is 53.1 Å². The summed E-state index contributed by atoms with van der Waals surface area (Å²) in [5, 5.41) is 3.11. The lowest BCUT2D eigenvalue weighted by Crippen LogP contribution is -2.41. The number of morpholine rings is 1. The van der Waals surface area contributed by atoms with Gasteiger partial charge in [-0.3, -0.25) is 9.89 Å². The Morgan fingerprint density at radius 3 is 2.65 bits per heavy atom. The van der Waals surface area contributed by atoms with Gasteiger partial charge in [0.15, 0.2) is 5.96 Å². The molecule has 0 bridgehead atoms. The van der Waals surface area contributed by atoms with Crippen LogP contribution in [0.2, 0.25) is 0 Å². The summed E-state index contributed by atoms with van der Waals surface area (Å²) in [4.78, 5) is 6.80. The molecule has 20 heavy (non-hydrogen) atoms. The van der Waals surface area contributed by atoms with Gasteiger partial charge in [-0.1, -0.05) is 6.92 Å². The van der Waals surface area contributed by atoms with Crippen LogP contribution in [0.5, 0.6) is 0 Å². The number of hydrogen-bond acceptors (Lipinski definition) is 4. The molecule has 1 aliphatic rings. The molecule has 0 aromatic heterocycles. The van der Waals surface area contributed by atoms with Gasteiger partial charge >= 0.3 is 0 Å². The van der Waals surface area contributed by atoms with Crippen molar-refractivity contribution in [1.82, 2.24) is 10.2 Å². The van der Waals surface area contributed by atoms with Gasteiger partial charge in [0.25, 0.3) is 0 Å². The molecule has 0 aromatic rings. The van der Waals surface area contributed by atoms with Crippen molar-refractivity contribution in [3.8, 4) is 0 Å². The lowest BCUT2D eigenvalue weighted by atomic mass is 10.1. The van der Waals surface area contributed by atoms with Crippen LogP contribution >= 0.6 is 24.0 Å². The summed E-state index contributed by atoms with van der Waals surface area (Å²) in [6.07, 6.45) is 0. The van der Waals surface area contributed by atoms with Gasteiger partial charge in [-0.15, -0.1) is 24.0 Å². The highest BCUT2D eigenvalue weighted by Crippen LogP contribution is 2.03. The third kappa shape index (κ3) is 8.93. The lowest BCUT2D eigenvalue weighted by molar-refractivity contribution is 0.0323. The van der Waals surface area contributed by atoms with E-state index in [1.54, 1.807) is 7.11 Å². The third-order valence-corrected chi connectivity index (χ3v) is 3.06. The van der Waals surface area contributed by atoms with E-state index in [-0.39, 0.29) is 30.0 Å². The Morgan fingerprint density at radius 1 is 1.40 bits per heavy atom. The minimum absolute atomic E-state index is 0. The zero-order valence-corrected chi connectivity index (χ0v) is 15.1. The number of nitrogens with two attached hydrogens (primary N) is 1. The van der Waals surface area contributed by atoms with Crippen LogP contribution in [0.25, 0.3) is 0 Å². The van der Waals surface area contributed by atoms with Gasteiger partial charge in [0.1, 0.15) is 0 Å². The van der Waals surface area contributed by atoms with Gasteiger partial charge in [0.2, 0.25) is 0 Å². The first-order valence-corrected chi connectivity index (χ1v) is 6.97. The summed E-state index contributed by atoms with van der Waals surface area (Å²) in [5.74, 6) is 0.995. The summed E-state index contributed by atoms with van der Waals surface area (Å²) in [5.41, 5.74) is 5.84. The topological polar surface area (TPSA) is 72.1 Å². The fourth-order valence-corrected chi connectivity index (χ4v) is 2.13. The molecule has 1 saturated heterocycles. The first-order valence-electron chi connectivity index (χ1n) is 6.97. The van der Waals surface area contributed by atoms with E-state index in [0.29, 0.717) is 18.5 Å². The molecule has 0 aliphatic carbocycles. The zero-order chi connectivity index (χ0) is 14.1. The first kappa shape index (κ1) is 19.9. The van der Waals surface area contributed by atoms with Gasteiger partial charge < -0.3 is 20.5 Å². The third-order valence-electron chi connectivity index (χ3n) is 3.06. The van der Waals surface area contributed by atoms with Crippen molar-refractivity contribution in [3.63, 3.8) is 0 Å². The van der Waals surface area contributed by atoms with Crippen molar-refractivity contribution >= 4 is 29.9 Å². The zero-order valence-electron chi connectivity index (χ0n) is 12.8. The summed E-state index contributed by atoms with van der Waals surface area (Å²) in [6.45, 7) is 10.4. The smallest absolute Gasteiger partial charge is 0.188 e. The Kier molecular flexibility index (Phi) is 11.5. The molecule has 6 nitrogen and oxygen atoms in total. The monoisotopic (exact) mass is 400 g/mol. The standard InChI is InChI=1S/C13H28N4O2.HI/c1-11(9-17-4-6-19-7-5-17)8-15-13(14)16-12(2)10-18-3;/h11-12H,4-10H2,1-3H3,(H3,14,15,16);1H. The largest absolute Gasteiger partial charge is 0.383 e. The quantitative estimate of drug-likeness (QED) is 0.370. The average molecular weight is 400 g/mol. The molecule has 1 rings (SSSR count). The van der Waals surface area contributed by atoms with Crippen molar-refractivity contribution < 1.29 is 9.47 Å². The number of ether oxygens (including phenoxy) is 2. The number of nitrogens with one attached hydrogen (secondary N) is 1. The van der Waals surface area contributed by atoms with E-state index in [1.807, 2.05) is 6.92 Å². The van der Waals surface area contributed by atoms with Crippen LogP contribution in [0.4, 0.5) is 0 Å². The maximum absolute atomic E-state index is 5.84. The van der Waals surface area contributed by atoms with Crippen LogP contribution in [0.3, 0.4) is 0 Å². The van der Waals surface area contributed by atoms with E-state index in [1.165, 1.54) is 0 Å². The molecule has 0 radical (unpaired) electrons. The molecule has 7 heteroatoms. The van der Waals surface area contributed by atoms with Crippen LogP contribution < -0.4 is 11.1 Å². The number of rotatable bonds is 7. The molecule has 0 saturated carbocycles. The number of halogens is 1. The molecule has 1 heterocycles. The second-order valence-electron chi connectivity index (χ2n) is 5.24. The van der Waals surface area contributed by atoms with E-state index in [4.69, 9.17) is 15.2 Å². The summed E-state index contributed by atoms with van der Waals surface area (Å²) in [6, 6.07) is 0.184. The van der Waals surface area contributed by atoms with E-state index in [2.05, 4.69) is 22.1 Å². The summed E-state index contributed by atoms with van der Waals surface area (Å²) >= 11 is 0. The number of methoxy groups -OCH3 is 1. The summed E-state index contributed by atoms with van der Waals surface area (Å²) in [7, 11) is 1.68. The highest BCUT2D eigenvalue weighted by molar-refractivity contribution is 14.0. The Morgan fingerprint density at radius 2 is 2.05 bits per heavy atom. The van der Waals surface area contributed by atoms with E-state index >= 15 is 0 Å². The van der Waals surface area contributed by atoms with Crippen LogP contribution in [0, 0.1) is 5.92 Å². The van der Waals surface area contributed by atoms with Crippen LogP contribution in [-0.2, 0) is 9.47 Å². The Labute approximate surface area is 139 Å². The maximum Gasteiger partial charge on any atom is 0.188 e. The molecular formula is C13H29IN4O2. The molecule has 1 fully saturated rings.